The topological polar surface area (TPSA) is 96.3 Å². The lowest BCUT2D eigenvalue weighted by Crippen LogP contribution is -2.19. The second-order valence-electron chi connectivity index (χ2n) is 5.14. The summed E-state index contributed by atoms with van der Waals surface area (Å²) in [7, 11) is 1.71. The Hall–Kier alpha value is -3.06. The van der Waals surface area contributed by atoms with Crippen LogP contribution in [0.5, 0.6) is 0 Å². The average molecular weight is 345 g/mol. The maximum Gasteiger partial charge on any atom is 0.337 e. The van der Waals surface area contributed by atoms with Crippen LogP contribution in [0.3, 0.4) is 0 Å². The van der Waals surface area contributed by atoms with Gasteiger partial charge in [-0.2, -0.15) is 0 Å². The van der Waals surface area contributed by atoms with Crippen LogP contribution < -0.4 is 10.6 Å². The molecule has 8 heteroatoms. The van der Waals surface area contributed by atoms with Gasteiger partial charge in [-0.05, 0) is 30.3 Å². The normalized spacial score (nSPS) is 10.6. The van der Waals surface area contributed by atoms with E-state index in [1.165, 1.54) is 12.4 Å². The second kappa shape index (κ2) is 6.21. The molecule has 2 amide bonds. The predicted molar refractivity (Wildman–Crippen MR) is 91.8 cm³/mol. The Morgan fingerprint density at radius 3 is 2.62 bits per heavy atom. The first kappa shape index (κ1) is 15.8. The van der Waals surface area contributed by atoms with Gasteiger partial charge in [0.1, 0.15) is 0 Å². The van der Waals surface area contributed by atoms with Crippen LogP contribution in [0.1, 0.15) is 10.4 Å². The number of aromatic nitrogens is 2. The molecule has 3 rings (SSSR count). The predicted octanol–water partition coefficient (Wildman–Crippen LogP) is 3.57. The maximum atomic E-state index is 12.1. The zero-order valence-electron chi connectivity index (χ0n) is 12.6. The summed E-state index contributed by atoms with van der Waals surface area (Å²) in [5, 5.41) is 15.1. The van der Waals surface area contributed by atoms with Crippen LogP contribution in [-0.4, -0.2) is 26.7 Å². The van der Waals surface area contributed by atoms with Crippen molar-refractivity contribution >= 4 is 46.0 Å². The van der Waals surface area contributed by atoms with Crippen molar-refractivity contribution in [2.75, 3.05) is 10.6 Å². The SMILES string of the molecule is Cn1cnc2cc(NC(=O)Nc3cccc(Cl)c3)cc(C(=O)O)c21. The van der Waals surface area contributed by atoms with Gasteiger partial charge in [-0.15, -0.1) is 0 Å². The first-order valence-electron chi connectivity index (χ1n) is 6.96. The number of nitrogens with one attached hydrogen (secondary N) is 2. The van der Waals surface area contributed by atoms with Gasteiger partial charge in [0, 0.05) is 23.4 Å². The molecule has 0 fully saturated rings. The number of amides is 2. The molecule has 24 heavy (non-hydrogen) atoms. The molecule has 0 spiro atoms. The number of aromatic carboxylic acids is 1. The molecule has 0 saturated carbocycles. The maximum absolute atomic E-state index is 12.1. The van der Waals surface area contributed by atoms with E-state index < -0.39 is 12.0 Å². The number of aryl methyl sites for hydroxylation is 1. The Labute approximate surface area is 141 Å². The highest BCUT2D eigenvalue weighted by molar-refractivity contribution is 6.30. The average Bonchev–Trinajstić information content (AvgIpc) is 2.87. The van der Waals surface area contributed by atoms with Gasteiger partial charge in [-0.25, -0.2) is 14.6 Å². The number of fused-ring (bicyclic) bond motifs is 1. The molecule has 2 aromatic carbocycles. The van der Waals surface area contributed by atoms with Crippen molar-refractivity contribution in [3.8, 4) is 0 Å². The van der Waals surface area contributed by atoms with E-state index in [2.05, 4.69) is 15.6 Å². The lowest BCUT2D eigenvalue weighted by molar-refractivity contribution is 0.0698. The molecule has 0 aliphatic rings. The van der Waals surface area contributed by atoms with E-state index in [0.29, 0.717) is 27.4 Å². The molecule has 7 nitrogen and oxygen atoms in total. The summed E-state index contributed by atoms with van der Waals surface area (Å²) in [5.74, 6) is -1.09. The van der Waals surface area contributed by atoms with Gasteiger partial charge < -0.3 is 20.3 Å². The Morgan fingerprint density at radius 2 is 1.92 bits per heavy atom. The van der Waals surface area contributed by atoms with Gasteiger partial charge in [0.15, 0.2) is 0 Å². The van der Waals surface area contributed by atoms with Crippen molar-refractivity contribution in [2.45, 2.75) is 0 Å². The second-order valence-corrected chi connectivity index (χ2v) is 5.58. The van der Waals surface area contributed by atoms with E-state index in [9.17, 15) is 14.7 Å². The fourth-order valence-corrected chi connectivity index (χ4v) is 2.58. The molecular weight excluding hydrogens is 332 g/mol. The van der Waals surface area contributed by atoms with Crippen LogP contribution in [0.25, 0.3) is 11.0 Å². The molecular formula is C16H13ClN4O3. The van der Waals surface area contributed by atoms with Crippen LogP contribution in [-0.2, 0) is 7.05 Å². The Balaban J connectivity index is 1.87. The van der Waals surface area contributed by atoms with Crippen LogP contribution in [0.2, 0.25) is 5.02 Å². The lowest BCUT2D eigenvalue weighted by atomic mass is 10.1. The van der Waals surface area contributed by atoms with Crippen molar-refractivity contribution in [1.82, 2.24) is 9.55 Å². The van der Waals surface area contributed by atoms with E-state index >= 15 is 0 Å². The van der Waals surface area contributed by atoms with Gasteiger partial charge >= 0.3 is 12.0 Å². The molecule has 1 aromatic heterocycles. The van der Waals surface area contributed by atoms with E-state index in [1.54, 1.807) is 41.9 Å². The number of carbonyl (C=O) groups excluding carboxylic acids is 1. The summed E-state index contributed by atoms with van der Waals surface area (Å²) in [6.45, 7) is 0. The summed E-state index contributed by atoms with van der Waals surface area (Å²) in [5.41, 5.74) is 1.89. The molecule has 0 unspecified atom stereocenters. The van der Waals surface area contributed by atoms with Gasteiger partial charge in [-0.1, -0.05) is 17.7 Å². The quantitative estimate of drug-likeness (QED) is 0.676. The highest BCUT2D eigenvalue weighted by Gasteiger charge is 2.15. The molecule has 0 saturated heterocycles. The zero-order valence-corrected chi connectivity index (χ0v) is 13.3. The number of urea groups is 1. The number of carboxylic acid groups (broad SMARTS) is 1. The molecule has 0 radical (unpaired) electrons. The standard InChI is InChI=1S/C16H13ClN4O3/c1-21-8-18-13-7-11(6-12(14(13)21)15(22)23)20-16(24)19-10-4-2-3-9(17)5-10/h2-8H,1H3,(H,22,23)(H2,19,20,24). The van der Waals surface area contributed by atoms with Gasteiger partial charge in [0.05, 0.1) is 22.9 Å². The number of nitrogens with zero attached hydrogens (tertiary/aromatic N) is 2. The molecule has 3 N–H and O–H groups in total. The number of halogens is 1. The highest BCUT2D eigenvalue weighted by atomic mass is 35.5. The summed E-state index contributed by atoms with van der Waals surface area (Å²) in [6.07, 6.45) is 1.52. The molecule has 0 aliphatic carbocycles. The zero-order chi connectivity index (χ0) is 17.3. The number of rotatable bonds is 3. The van der Waals surface area contributed by atoms with E-state index in [0.717, 1.165) is 0 Å². The number of anilines is 2. The Bertz CT molecular complexity index is 952. The van der Waals surface area contributed by atoms with E-state index in [-0.39, 0.29) is 5.56 Å². The third kappa shape index (κ3) is 3.16. The van der Waals surface area contributed by atoms with Crippen molar-refractivity contribution in [2.24, 2.45) is 7.05 Å². The molecule has 122 valence electrons. The molecule has 0 atom stereocenters. The minimum Gasteiger partial charge on any atom is -0.478 e. The summed E-state index contributed by atoms with van der Waals surface area (Å²) >= 11 is 5.86. The highest BCUT2D eigenvalue weighted by Crippen LogP contribution is 2.23. The molecule has 0 aliphatic heterocycles. The van der Waals surface area contributed by atoms with Crippen molar-refractivity contribution in [1.29, 1.82) is 0 Å². The molecule has 0 bridgehead atoms. The van der Waals surface area contributed by atoms with Crippen molar-refractivity contribution in [3.63, 3.8) is 0 Å². The molecule has 3 aromatic rings. The smallest absolute Gasteiger partial charge is 0.337 e. The van der Waals surface area contributed by atoms with Gasteiger partial charge in [-0.3, -0.25) is 0 Å². The summed E-state index contributed by atoms with van der Waals surface area (Å²) in [6, 6.07) is 9.19. The Morgan fingerprint density at radius 1 is 1.17 bits per heavy atom. The van der Waals surface area contributed by atoms with Crippen LogP contribution in [0.15, 0.2) is 42.7 Å². The third-order valence-electron chi connectivity index (χ3n) is 3.38. The summed E-state index contributed by atoms with van der Waals surface area (Å²) in [4.78, 5) is 27.7. The number of hydrogen-bond donors (Lipinski definition) is 3. The first-order chi connectivity index (χ1) is 11.4. The van der Waals surface area contributed by atoms with Crippen LogP contribution in [0, 0.1) is 0 Å². The van der Waals surface area contributed by atoms with Crippen LogP contribution >= 0.6 is 11.6 Å². The summed E-state index contributed by atoms with van der Waals surface area (Å²) < 4.78 is 1.62. The minimum absolute atomic E-state index is 0.0607. The van der Waals surface area contributed by atoms with Gasteiger partial charge in [0.2, 0.25) is 0 Å². The van der Waals surface area contributed by atoms with Crippen LogP contribution in [0.4, 0.5) is 16.2 Å². The number of imidazole rings is 1. The van der Waals surface area contributed by atoms with Gasteiger partial charge in [0.25, 0.3) is 0 Å². The fourth-order valence-electron chi connectivity index (χ4n) is 2.39. The Kier molecular flexibility index (Phi) is 4.09. The van der Waals surface area contributed by atoms with E-state index in [4.69, 9.17) is 11.6 Å². The fraction of sp³-hybridized carbons (Fsp3) is 0.0625. The third-order valence-corrected chi connectivity index (χ3v) is 3.62. The lowest BCUT2D eigenvalue weighted by Gasteiger charge is -2.09. The molecule has 1 heterocycles. The van der Waals surface area contributed by atoms with Crippen molar-refractivity contribution in [3.05, 3.63) is 53.3 Å². The van der Waals surface area contributed by atoms with E-state index in [1.807, 2.05) is 0 Å². The number of carbonyl (C=O) groups is 2. The minimum atomic E-state index is -1.09. The number of carboxylic acids is 1. The van der Waals surface area contributed by atoms with Crippen molar-refractivity contribution < 1.29 is 14.7 Å². The number of hydrogen-bond acceptors (Lipinski definition) is 3. The largest absolute Gasteiger partial charge is 0.478 e. The number of benzene rings is 2. The first-order valence-corrected chi connectivity index (χ1v) is 7.34. The monoisotopic (exact) mass is 344 g/mol.